The number of hydrogen-bond donors (Lipinski definition) is 1. The maximum Gasteiger partial charge on any atom is 0.307 e. The van der Waals surface area contributed by atoms with Crippen LogP contribution < -0.4 is 9.47 Å². The quantitative estimate of drug-likeness (QED) is 0.832. The predicted molar refractivity (Wildman–Crippen MR) is 54.6 cm³/mol. The first-order valence-electron chi connectivity index (χ1n) is 4.83. The highest BCUT2D eigenvalue weighted by Crippen LogP contribution is 2.39. The van der Waals surface area contributed by atoms with Gasteiger partial charge in [-0.2, -0.15) is 0 Å². The van der Waals surface area contributed by atoms with Crippen molar-refractivity contribution in [1.82, 2.24) is 0 Å². The zero-order valence-corrected chi connectivity index (χ0v) is 8.86. The number of benzene rings is 1. The number of carbonyl (C=O) groups is 1. The highest BCUT2D eigenvalue weighted by atomic mass is 16.7. The van der Waals surface area contributed by atoms with Crippen molar-refractivity contribution in [2.75, 3.05) is 13.9 Å². The highest BCUT2D eigenvalue weighted by Gasteiger charge is 2.22. The molecule has 0 amide bonds. The van der Waals surface area contributed by atoms with Gasteiger partial charge in [-0.1, -0.05) is 12.1 Å². The SMILES string of the molecule is COCc1ccc(CC(=O)O)c2c1OCO2. The van der Waals surface area contributed by atoms with E-state index >= 15 is 0 Å². The fraction of sp³-hybridized carbons (Fsp3) is 0.364. The molecule has 0 saturated heterocycles. The normalized spacial score (nSPS) is 12.8. The van der Waals surface area contributed by atoms with Crippen LogP contribution in [0.1, 0.15) is 11.1 Å². The van der Waals surface area contributed by atoms with Crippen LogP contribution in [0.5, 0.6) is 11.5 Å². The average Bonchev–Trinajstić information content (AvgIpc) is 2.70. The van der Waals surface area contributed by atoms with Crippen LogP contribution in [0, 0.1) is 0 Å². The summed E-state index contributed by atoms with van der Waals surface area (Å²) in [5, 5.41) is 8.75. The van der Waals surface area contributed by atoms with Gasteiger partial charge in [0.15, 0.2) is 11.5 Å². The van der Waals surface area contributed by atoms with Crippen molar-refractivity contribution in [2.45, 2.75) is 13.0 Å². The van der Waals surface area contributed by atoms with Crippen molar-refractivity contribution in [3.8, 4) is 11.5 Å². The van der Waals surface area contributed by atoms with Crippen molar-refractivity contribution in [3.05, 3.63) is 23.3 Å². The molecule has 5 nitrogen and oxygen atoms in total. The zero-order valence-electron chi connectivity index (χ0n) is 8.86. The van der Waals surface area contributed by atoms with E-state index in [4.69, 9.17) is 19.3 Å². The number of methoxy groups -OCH3 is 1. The summed E-state index contributed by atoms with van der Waals surface area (Å²) in [6, 6.07) is 3.53. The molecule has 0 radical (unpaired) electrons. The van der Waals surface area contributed by atoms with Crippen molar-refractivity contribution >= 4 is 5.97 Å². The Morgan fingerprint density at radius 3 is 2.62 bits per heavy atom. The topological polar surface area (TPSA) is 65.0 Å². The fourth-order valence-electron chi connectivity index (χ4n) is 1.68. The van der Waals surface area contributed by atoms with Gasteiger partial charge in [-0.05, 0) is 0 Å². The summed E-state index contributed by atoms with van der Waals surface area (Å²) in [7, 11) is 1.59. The van der Waals surface area contributed by atoms with Crippen LogP contribution in [-0.4, -0.2) is 25.0 Å². The molecule has 1 aromatic carbocycles. The van der Waals surface area contributed by atoms with Crippen molar-refractivity contribution in [1.29, 1.82) is 0 Å². The molecule has 1 aliphatic rings. The third kappa shape index (κ3) is 1.94. The van der Waals surface area contributed by atoms with Gasteiger partial charge in [-0.15, -0.1) is 0 Å². The number of carboxylic acids is 1. The number of hydrogen-bond acceptors (Lipinski definition) is 4. The Labute approximate surface area is 92.5 Å². The van der Waals surface area contributed by atoms with E-state index in [0.717, 1.165) is 5.56 Å². The van der Waals surface area contributed by atoms with Gasteiger partial charge in [-0.25, -0.2) is 0 Å². The molecule has 86 valence electrons. The molecule has 16 heavy (non-hydrogen) atoms. The number of aliphatic carboxylic acids is 1. The van der Waals surface area contributed by atoms with Gasteiger partial charge in [0.2, 0.25) is 6.79 Å². The largest absolute Gasteiger partial charge is 0.481 e. The minimum atomic E-state index is -0.891. The summed E-state index contributed by atoms with van der Waals surface area (Å²) in [4.78, 5) is 10.7. The Hall–Kier alpha value is -1.75. The van der Waals surface area contributed by atoms with Gasteiger partial charge < -0.3 is 19.3 Å². The molecule has 1 aromatic rings. The molecule has 0 bridgehead atoms. The lowest BCUT2D eigenvalue weighted by Crippen LogP contribution is -2.02. The summed E-state index contributed by atoms with van der Waals surface area (Å²) in [5.74, 6) is 0.231. The van der Waals surface area contributed by atoms with Crippen LogP contribution >= 0.6 is 0 Å². The molecule has 0 saturated carbocycles. The smallest absolute Gasteiger partial charge is 0.307 e. The molecule has 0 unspecified atom stereocenters. The minimum absolute atomic E-state index is 0.0705. The molecular formula is C11H12O5. The first-order valence-corrected chi connectivity index (χ1v) is 4.83. The Kier molecular flexibility index (Phi) is 2.96. The lowest BCUT2D eigenvalue weighted by molar-refractivity contribution is -0.136. The predicted octanol–water partition coefficient (Wildman–Crippen LogP) is 1.19. The molecule has 2 rings (SSSR count). The monoisotopic (exact) mass is 224 g/mol. The van der Waals surface area contributed by atoms with Crippen LogP contribution in [0.3, 0.4) is 0 Å². The van der Waals surface area contributed by atoms with Crippen LogP contribution in [-0.2, 0) is 22.6 Å². The molecule has 1 heterocycles. The Morgan fingerprint density at radius 1 is 1.38 bits per heavy atom. The van der Waals surface area contributed by atoms with Crippen molar-refractivity contribution in [2.24, 2.45) is 0 Å². The molecule has 0 spiro atoms. The molecule has 0 atom stereocenters. The van der Waals surface area contributed by atoms with E-state index in [-0.39, 0.29) is 13.2 Å². The number of rotatable bonds is 4. The van der Waals surface area contributed by atoms with E-state index in [1.807, 2.05) is 0 Å². The maximum absolute atomic E-state index is 10.7. The first kappa shape index (κ1) is 10.8. The molecule has 1 aliphatic heterocycles. The van der Waals surface area contributed by atoms with Crippen LogP contribution in [0.15, 0.2) is 12.1 Å². The number of fused-ring (bicyclic) bond motifs is 1. The Bertz CT molecular complexity index is 413. The van der Waals surface area contributed by atoms with Gasteiger partial charge in [0, 0.05) is 18.2 Å². The maximum atomic E-state index is 10.7. The minimum Gasteiger partial charge on any atom is -0.481 e. The third-order valence-corrected chi connectivity index (χ3v) is 2.32. The number of ether oxygens (including phenoxy) is 3. The molecule has 0 aromatic heterocycles. The van der Waals surface area contributed by atoms with Crippen molar-refractivity contribution in [3.63, 3.8) is 0 Å². The second kappa shape index (κ2) is 4.40. The lowest BCUT2D eigenvalue weighted by Gasteiger charge is -2.07. The van der Waals surface area contributed by atoms with Crippen LogP contribution in [0.25, 0.3) is 0 Å². The lowest BCUT2D eigenvalue weighted by atomic mass is 10.1. The molecule has 1 N–H and O–H groups in total. The van der Waals surface area contributed by atoms with Crippen LogP contribution in [0.4, 0.5) is 0 Å². The number of carboxylic acid groups (broad SMARTS) is 1. The second-order valence-corrected chi connectivity index (χ2v) is 3.45. The molecule has 0 aliphatic carbocycles. The van der Waals surface area contributed by atoms with Crippen molar-refractivity contribution < 1.29 is 24.1 Å². The van der Waals surface area contributed by atoms with E-state index in [1.54, 1.807) is 19.2 Å². The summed E-state index contributed by atoms with van der Waals surface area (Å²) < 4.78 is 15.6. The standard InChI is InChI=1S/C11H12O5/c1-14-5-8-3-2-7(4-9(12)13)10-11(8)16-6-15-10/h2-3H,4-6H2,1H3,(H,12,13). The fourth-order valence-corrected chi connectivity index (χ4v) is 1.68. The van der Waals surface area contributed by atoms with Gasteiger partial charge >= 0.3 is 5.97 Å². The summed E-state index contributed by atoms with van der Waals surface area (Å²) >= 11 is 0. The second-order valence-electron chi connectivity index (χ2n) is 3.45. The molecule has 0 fully saturated rings. The van der Waals surface area contributed by atoms with E-state index in [1.165, 1.54) is 0 Å². The summed E-state index contributed by atoms with van der Waals surface area (Å²) in [6.07, 6.45) is -0.0705. The first-order chi connectivity index (χ1) is 7.72. The molecule has 5 heteroatoms. The molecular weight excluding hydrogens is 212 g/mol. The van der Waals surface area contributed by atoms with Crippen LogP contribution in [0.2, 0.25) is 0 Å². The highest BCUT2D eigenvalue weighted by molar-refractivity contribution is 5.72. The summed E-state index contributed by atoms with van der Waals surface area (Å²) in [5.41, 5.74) is 1.49. The van der Waals surface area contributed by atoms with E-state index in [0.29, 0.717) is 23.7 Å². The van der Waals surface area contributed by atoms with E-state index < -0.39 is 5.97 Å². The van der Waals surface area contributed by atoms with E-state index in [2.05, 4.69) is 0 Å². The van der Waals surface area contributed by atoms with Gasteiger partial charge in [-0.3, -0.25) is 4.79 Å². The summed E-state index contributed by atoms with van der Waals surface area (Å²) in [6.45, 7) is 0.543. The van der Waals surface area contributed by atoms with E-state index in [9.17, 15) is 4.79 Å². The Balaban J connectivity index is 2.36. The van der Waals surface area contributed by atoms with Gasteiger partial charge in [0.1, 0.15) is 0 Å². The van der Waals surface area contributed by atoms with Gasteiger partial charge in [0.25, 0.3) is 0 Å². The third-order valence-electron chi connectivity index (χ3n) is 2.32. The average molecular weight is 224 g/mol. The zero-order chi connectivity index (χ0) is 11.5. The Morgan fingerprint density at radius 2 is 2.00 bits per heavy atom. The van der Waals surface area contributed by atoms with Gasteiger partial charge in [0.05, 0.1) is 13.0 Å².